The standard InChI is InChI=1S/C26H27FN6O4/c1-5-17-22(32-33(25(17)36-4)15-16-9-7-8-10-19(16)27)24-29-14-21(35-3)23(31-24)30-20-11-12-28-13-18(20)26(34)37-6-2/h7-14H,5-6,15H2,1-4H3,(H,28,29,30,31). The van der Waals surface area contributed by atoms with Crippen LogP contribution >= 0.6 is 0 Å². The van der Waals surface area contributed by atoms with Gasteiger partial charge in [0.15, 0.2) is 17.4 Å². The normalized spacial score (nSPS) is 10.7. The van der Waals surface area contributed by atoms with Crippen molar-refractivity contribution < 1.29 is 23.4 Å². The minimum absolute atomic E-state index is 0.171. The number of nitrogens with zero attached hydrogens (tertiary/aromatic N) is 5. The SMILES string of the molecule is CCOC(=O)c1cnccc1Nc1nc(-c2nn(Cc3ccccc3F)c(OC)c2CC)ncc1OC. The third kappa shape index (κ3) is 5.35. The molecule has 192 valence electrons. The Morgan fingerprint density at radius 2 is 1.92 bits per heavy atom. The maximum Gasteiger partial charge on any atom is 0.341 e. The second-order valence-electron chi connectivity index (χ2n) is 7.82. The van der Waals surface area contributed by atoms with Gasteiger partial charge >= 0.3 is 5.97 Å². The molecule has 1 aromatic carbocycles. The Balaban J connectivity index is 1.76. The fourth-order valence-electron chi connectivity index (χ4n) is 3.83. The molecule has 0 spiro atoms. The molecule has 37 heavy (non-hydrogen) atoms. The Morgan fingerprint density at radius 1 is 1.11 bits per heavy atom. The van der Waals surface area contributed by atoms with Crippen LogP contribution in [0.2, 0.25) is 0 Å². The van der Waals surface area contributed by atoms with Crippen LogP contribution in [0.25, 0.3) is 11.5 Å². The highest BCUT2D eigenvalue weighted by Crippen LogP contribution is 2.33. The van der Waals surface area contributed by atoms with Gasteiger partial charge in [0.05, 0.1) is 39.3 Å². The minimum atomic E-state index is -0.517. The van der Waals surface area contributed by atoms with Crippen molar-refractivity contribution in [1.82, 2.24) is 24.7 Å². The van der Waals surface area contributed by atoms with Crippen molar-refractivity contribution >= 4 is 17.5 Å². The molecule has 0 unspecified atom stereocenters. The van der Waals surface area contributed by atoms with Crippen molar-refractivity contribution in [3.05, 3.63) is 71.4 Å². The molecule has 10 nitrogen and oxygen atoms in total. The van der Waals surface area contributed by atoms with Gasteiger partial charge in [0.1, 0.15) is 17.1 Å². The maximum absolute atomic E-state index is 14.3. The lowest BCUT2D eigenvalue weighted by atomic mass is 10.1. The second kappa shape index (κ2) is 11.5. The molecule has 11 heteroatoms. The summed E-state index contributed by atoms with van der Waals surface area (Å²) in [6.07, 6.45) is 5.05. The summed E-state index contributed by atoms with van der Waals surface area (Å²) in [5.74, 6) is 0.615. The van der Waals surface area contributed by atoms with E-state index in [4.69, 9.17) is 14.2 Å². The number of nitrogens with one attached hydrogen (secondary N) is 1. The molecule has 0 amide bonds. The van der Waals surface area contributed by atoms with Crippen LogP contribution in [-0.2, 0) is 17.7 Å². The third-order valence-corrected chi connectivity index (χ3v) is 5.58. The molecule has 0 saturated carbocycles. The second-order valence-corrected chi connectivity index (χ2v) is 7.82. The molecule has 0 aliphatic heterocycles. The van der Waals surface area contributed by atoms with Gasteiger partial charge in [0.25, 0.3) is 0 Å². The number of carbonyl (C=O) groups excluding carboxylic acids is 1. The van der Waals surface area contributed by atoms with Crippen molar-refractivity contribution in [2.24, 2.45) is 0 Å². The average Bonchev–Trinajstić information content (AvgIpc) is 3.27. The first-order valence-electron chi connectivity index (χ1n) is 11.7. The molecule has 3 aromatic heterocycles. The summed E-state index contributed by atoms with van der Waals surface area (Å²) in [5.41, 5.74) is 2.42. The molecule has 4 rings (SSSR count). The van der Waals surface area contributed by atoms with E-state index >= 15 is 0 Å². The topological polar surface area (TPSA) is 113 Å². The van der Waals surface area contributed by atoms with Crippen molar-refractivity contribution in [1.29, 1.82) is 0 Å². The van der Waals surface area contributed by atoms with E-state index in [0.717, 1.165) is 5.56 Å². The average molecular weight is 507 g/mol. The molecule has 0 fully saturated rings. The summed E-state index contributed by atoms with van der Waals surface area (Å²) in [6.45, 7) is 4.09. The quantitative estimate of drug-likeness (QED) is 0.312. The Kier molecular flexibility index (Phi) is 7.92. The Bertz CT molecular complexity index is 1410. The number of benzene rings is 1. The molecule has 1 N–H and O–H groups in total. The first kappa shape index (κ1) is 25.5. The number of anilines is 2. The molecule has 0 aliphatic carbocycles. The van der Waals surface area contributed by atoms with Gasteiger partial charge in [-0.3, -0.25) is 4.98 Å². The molecule has 3 heterocycles. The van der Waals surface area contributed by atoms with Crippen molar-refractivity contribution in [3.63, 3.8) is 0 Å². The lowest BCUT2D eigenvalue weighted by Crippen LogP contribution is -2.10. The van der Waals surface area contributed by atoms with Gasteiger partial charge in [-0.25, -0.2) is 23.8 Å². The predicted molar refractivity (Wildman–Crippen MR) is 135 cm³/mol. The first-order valence-corrected chi connectivity index (χ1v) is 11.7. The molecular formula is C26H27FN6O4. The van der Waals surface area contributed by atoms with Crippen LogP contribution < -0.4 is 14.8 Å². The highest BCUT2D eigenvalue weighted by atomic mass is 19.1. The van der Waals surface area contributed by atoms with Crippen molar-refractivity contribution in [2.75, 3.05) is 26.1 Å². The monoisotopic (exact) mass is 506 g/mol. The predicted octanol–water partition coefficient (Wildman–Crippen LogP) is 4.42. The number of ether oxygens (including phenoxy) is 3. The van der Waals surface area contributed by atoms with E-state index < -0.39 is 5.97 Å². The summed E-state index contributed by atoms with van der Waals surface area (Å²) >= 11 is 0. The minimum Gasteiger partial charge on any atom is -0.491 e. The zero-order chi connectivity index (χ0) is 26.4. The Labute approximate surface area is 213 Å². The van der Waals surface area contributed by atoms with Crippen molar-refractivity contribution in [2.45, 2.75) is 26.8 Å². The van der Waals surface area contributed by atoms with Crippen LogP contribution in [0.4, 0.5) is 15.9 Å². The Hall–Kier alpha value is -4.54. The smallest absolute Gasteiger partial charge is 0.341 e. The van der Waals surface area contributed by atoms with Gasteiger partial charge in [-0.1, -0.05) is 25.1 Å². The number of hydrogen-bond donors (Lipinski definition) is 1. The number of aromatic nitrogens is 5. The van der Waals surface area contributed by atoms with E-state index in [1.165, 1.54) is 25.6 Å². The van der Waals surface area contributed by atoms with Crippen LogP contribution in [0.3, 0.4) is 0 Å². The van der Waals surface area contributed by atoms with Crippen LogP contribution in [0, 0.1) is 5.82 Å². The fraction of sp³-hybridized carbons (Fsp3) is 0.269. The molecule has 0 radical (unpaired) electrons. The maximum atomic E-state index is 14.3. The largest absolute Gasteiger partial charge is 0.491 e. The molecule has 4 aromatic rings. The number of carbonyl (C=O) groups is 1. The van der Waals surface area contributed by atoms with Gasteiger partial charge in [0.2, 0.25) is 5.88 Å². The van der Waals surface area contributed by atoms with Crippen LogP contribution in [0.5, 0.6) is 11.6 Å². The van der Waals surface area contributed by atoms with Gasteiger partial charge in [-0.15, -0.1) is 0 Å². The molecule has 0 atom stereocenters. The summed E-state index contributed by atoms with van der Waals surface area (Å²) in [6, 6.07) is 8.14. The van der Waals surface area contributed by atoms with E-state index in [2.05, 4.69) is 25.4 Å². The van der Waals surface area contributed by atoms with Gasteiger partial charge in [-0.05, 0) is 25.5 Å². The summed E-state index contributed by atoms with van der Waals surface area (Å²) in [4.78, 5) is 25.5. The zero-order valence-corrected chi connectivity index (χ0v) is 21.0. The molecule has 0 aliphatic rings. The van der Waals surface area contributed by atoms with E-state index in [1.54, 1.807) is 49.2 Å². The zero-order valence-electron chi connectivity index (χ0n) is 21.0. The number of esters is 1. The van der Waals surface area contributed by atoms with Gasteiger partial charge in [-0.2, -0.15) is 5.10 Å². The number of pyridine rings is 1. The lowest BCUT2D eigenvalue weighted by molar-refractivity contribution is 0.0527. The number of rotatable bonds is 10. The van der Waals surface area contributed by atoms with Gasteiger partial charge < -0.3 is 19.5 Å². The van der Waals surface area contributed by atoms with Crippen molar-refractivity contribution in [3.8, 4) is 23.1 Å². The van der Waals surface area contributed by atoms with Crippen LogP contribution in [0.1, 0.15) is 35.3 Å². The third-order valence-electron chi connectivity index (χ3n) is 5.58. The first-order chi connectivity index (χ1) is 18.0. The summed E-state index contributed by atoms with van der Waals surface area (Å²) in [5, 5.41) is 7.81. The van der Waals surface area contributed by atoms with E-state index in [-0.39, 0.29) is 24.5 Å². The van der Waals surface area contributed by atoms with Crippen LogP contribution in [-0.4, -0.2) is 51.5 Å². The van der Waals surface area contributed by atoms with E-state index in [0.29, 0.717) is 46.6 Å². The summed E-state index contributed by atoms with van der Waals surface area (Å²) < 4.78 is 32.2. The highest BCUT2D eigenvalue weighted by molar-refractivity contribution is 5.96. The molecule has 0 bridgehead atoms. The molecular weight excluding hydrogens is 479 g/mol. The van der Waals surface area contributed by atoms with Gasteiger partial charge in [0, 0.05) is 23.5 Å². The van der Waals surface area contributed by atoms with E-state index in [1.807, 2.05) is 6.92 Å². The fourth-order valence-corrected chi connectivity index (χ4v) is 3.83. The van der Waals surface area contributed by atoms with Crippen LogP contribution in [0.15, 0.2) is 48.9 Å². The lowest BCUT2D eigenvalue weighted by Gasteiger charge is -2.13. The summed E-state index contributed by atoms with van der Waals surface area (Å²) in [7, 11) is 3.03. The number of hydrogen-bond acceptors (Lipinski definition) is 9. The number of halogens is 1. The number of methoxy groups -OCH3 is 2. The van der Waals surface area contributed by atoms with E-state index in [9.17, 15) is 9.18 Å². The molecule has 0 saturated heterocycles. The Morgan fingerprint density at radius 3 is 2.62 bits per heavy atom. The highest BCUT2D eigenvalue weighted by Gasteiger charge is 2.23.